The van der Waals surface area contributed by atoms with Crippen LogP contribution in [-0.2, 0) is 0 Å². The molecule has 1 aromatic heterocycles. The van der Waals surface area contributed by atoms with Gasteiger partial charge in [-0.15, -0.1) is 0 Å². The summed E-state index contributed by atoms with van der Waals surface area (Å²) in [6.45, 7) is 0. The fourth-order valence-electron chi connectivity index (χ4n) is 2.94. The lowest BCUT2D eigenvalue weighted by atomic mass is 10.1. The second kappa shape index (κ2) is 5.85. The van der Waals surface area contributed by atoms with Crippen molar-refractivity contribution >= 4 is 27.5 Å². The van der Waals surface area contributed by atoms with Crippen LogP contribution in [0.2, 0.25) is 0 Å². The van der Waals surface area contributed by atoms with Crippen LogP contribution in [0.5, 0.6) is 11.5 Å². The zero-order valence-corrected chi connectivity index (χ0v) is 13.7. The summed E-state index contributed by atoms with van der Waals surface area (Å²) in [5.74, 6) is 1.68. The third kappa shape index (κ3) is 2.44. The Morgan fingerprint density at radius 2 is 1.46 bits per heavy atom. The van der Waals surface area contributed by atoms with E-state index in [0.717, 1.165) is 39.0 Å². The maximum Gasteiger partial charge on any atom is 0.146 e. The van der Waals surface area contributed by atoms with Crippen molar-refractivity contribution in [3.8, 4) is 11.5 Å². The Bertz CT molecular complexity index is 1010. The van der Waals surface area contributed by atoms with Gasteiger partial charge in [0.25, 0.3) is 0 Å². The highest BCUT2D eigenvalue weighted by molar-refractivity contribution is 6.05. The molecule has 0 N–H and O–H groups in total. The molecule has 0 bridgehead atoms. The van der Waals surface area contributed by atoms with E-state index >= 15 is 0 Å². The Morgan fingerprint density at radius 3 is 2.25 bits per heavy atom. The molecular weight excluding hydrogens is 296 g/mol. The van der Waals surface area contributed by atoms with Gasteiger partial charge in [0.2, 0.25) is 0 Å². The Hall–Kier alpha value is -3.07. The SMILES string of the molecule is CN(C)c1cccc2c(Oc3ccccc3)c3ccccc3nc12. The summed E-state index contributed by atoms with van der Waals surface area (Å²) in [6, 6.07) is 24.2. The van der Waals surface area contributed by atoms with Crippen LogP contribution in [0.1, 0.15) is 0 Å². The predicted molar refractivity (Wildman–Crippen MR) is 100 cm³/mol. The summed E-state index contributed by atoms with van der Waals surface area (Å²) in [5, 5.41) is 2.04. The summed E-state index contributed by atoms with van der Waals surface area (Å²) in [7, 11) is 4.06. The first kappa shape index (κ1) is 14.5. The number of anilines is 1. The summed E-state index contributed by atoms with van der Waals surface area (Å²) < 4.78 is 6.28. The molecule has 0 radical (unpaired) electrons. The highest BCUT2D eigenvalue weighted by Crippen LogP contribution is 2.38. The van der Waals surface area contributed by atoms with Crippen LogP contribution in [0, 0.1) is 0 Å². The monoisotopic (exact) mass is 314 g/mol. The quantitative estimate of drug-likeness (QED) is 0.483. The van der Waals surface area contributed by atoms with Gasteiger partial charge in [0.05, 0.1) is 16.7 Å². The van der Waals surface area contributed by atoms with Crippen molar-refractivity contribution in [2.24, 2.45) is 0 Å². The third-order valence-electron chi connectivity index (χ3n) is 4.09. The largest absolute Gasteiger partial charge is 0.456 e. The zero-order chi connectivity index (χ0) is 16.5. The molecule has 3 aromatic carbocycles. The number of nitrogens with zero attached hydrogens (tertiary/aromatic N) is 2. The van der Waals surface area contributed by atoms with Gasteiger partial charge in [-0.05, 0) is 36.4 Å². The van der Waals surface area contributed by atoms with E-state index in [2.05, 4.69) is 23.1 Å². The minimum atomic E-state index is 0.824. The fraction of sp³-hybridized carbons (Fsp3) is 0.0952. The first-order valence-corrected chi connectivity index (χ1v) is 7.96. The lowest BCUT2D eigenvalue weighted by molar-refractivity contribution is 0.493. The molecule has 4 rings (SSSR count). The number of benzene rings is 3. The molecule has 0 saturated carbocycles. The number of pyridine rings is 1. The number of para-hydroxylation sites is 3. The Morgan fingerprint density at radius 1 is 0.750 bits per heavy atom. The zero-order valence-electron chi connectivity index (χ0n) is 13.7. The topological polar surface area (TPSA) is 25.4 Å². The highest BCUT2D eigenvalue weighted by Gasteiger charge is 2.14. The van der Waals surface area contributed by atoms with Crippen molar-refractivity contribution in [3.63, 3.8) is 0 Å². The van der Waals surface area contributed by atoms with Gasteiger partial charge < -0.3 is 9.64 Å². The summed E-state index contributed by atoms with van der Waals surface area (Å²) in [6.07, 6.45) is 0. The molecule has 0 aliphatic carbocycles. The van der Waals surface area contributed by atoms with E-state index in [1.807, 2.05) is 68.7 Å². The number of fused-ring (bicyclic) bond motifs is 2. The first-order valence-electron chi connectivity index (χ1n) is 7.96. The lowest BCUT2D eigenvalue weighted by Crippen LogP contribution is -2.09. The van der Waals surface area contributed by atoms with Gasteiger partial charge in [-0.3, -0.25) is 0 Å². The van der Waals surface area contributed by atoms with E-state index in [0.29, 0.717) is 0 Å². The third-order valence-corrected chi connectivity index (χ3v) is 4.09. The van der Waals surface area contributed by atoms with Crippen molar-refractivity contribution in [1.29, 1.82) is 0 Å². The Kier molecular flexibility index (Phi) is 3.54. The normalized spacial score (nSPS) is 10.9. The van der Waals surface area contributed by atoms with Crippen LogP contribution < -0.4 is 9.64 Å². The number of aromatic nitrogens is 1. The number of ether oxygens (including phenoxy) is 1. The van der Waals surface area contributed by atoms with E-state index in [9.17, 15) is 0 Å². The van der Waals surface area contributed by atoms with E-state index in [-0.39, 0.29) is 0 Å². The van der Waals surface area contributed by atoms with Gasteiger partial charge in [-0.1, -0.05) is 36.4 Å². The standard InChI is InChI=1S/C21H18N2O/c1-23(2)19-14-8-12-17-20(19)22-18-13-7-6-11-16(18)21(17)24-15-9-4-3-5-10-15/h3-14H,1-2H3. The van der Waals surface area contributed by atoms with Crippen molar-refractivity contribution in [2.45, 2.75) is 0 Å². The van der Waals surface area contributed by atoms with E-state index < -0.39 is 0 Å². The smallest absolute Gasteiger partial charge is 0.146 e. The molecule has 0 atom stereocenters. The number of hydrogen-bond acceptors (Lipinski definition) is 3. The molecule has 0 aliphatic heterocycles. The minimum Gasteiger partial charge on any atom is -0.456 e. The van der Waals surface area contributed by atoms with Gasteiger partial charge >= 0.3 is 0 Å². The molecule has 24 heavy (non-hydrogen) atoms. The highest BCUT2D eigenvalue weighted by atomic mass is 16.5. The maximum absolute atomic E-state index is 6.28. The van der Waals surface area contributed by atoms with Gasteiger partial charge in [-0.2, -0.15) is 0 Å². The summed E-state index contributed by atoms with van der Waals surface area (Å²) in [5.41, 5.74) is 2.97. The van der Waals surface area contributed by atoms with Crippen molar-refractivity contribution in [3.05, 3.63) is 72.8 Å². The molecule has 0 saturated heterocycles. The Labute approximate surface area is 141 Å². The molecule has 4 aromatic rings. The molecule has 0 amide bonds. The molecule has 3 heteroatoms. The molecule has 0 aliphatic rings. The van der Waals surface area contributed by atoms with Gasteiger partial charge in [0.1, 0.15) is 11.5 Å². The molecule has 3 nitrogen and oxygen atoms in total. The molecule has 118 valence electrons. The molecule has 0 fully saturated rings. The number of hydrogen-bond donors (Lipinski definition) is 0. The van der Waals surface area contributed by atoms with E-state index in [4.69, 9.17) is 9.72 Å². The van der Waals surface area contributed by atoms with Gasteiger partial charge in [0, 0.05) is 24.9 Å². The molecular formula is C21H18N2O. The van der Waals surface area contributed by atoms with Gasteiger partial charge in [0.15, 0.2) is 0 Å². The minimum absolute atomic E-state index is 0.824. The molecule has 0 unspecified atom stereocenters. The van der Waals surface area contributed by atoms with Crippen molar-refractivity contribution in [1.82, 2.24) is 4.98 Å². The van der Waals surface area contributed by atoms with Crippen LogP contribution in [-0.4, -0.2) is 19.1 Å². The van der Waals surface area contributed by atoms with Crippen molar-refractivity contribution < 1.29 is 4.74 Å². The van der Waals surface area contributed by atoms with Crippen LogP contribution in [0.3, 0.4) is 0 Å². The van der Waals surface area contributed by atoms with Gasteiger partial charge in [-0.25, -0.2) is 4.98 Å². The molecule has 1 heterocycles. The maximum atomic E-state index is 6.28. The average molecular weight is 314 g/mol. The van der Waals surface area contributed by atoms with E-state index in [1.165, 1.54) is 0 Å². The second-order valence-corrected chi connectivity index (χ2v) is 5.94. The second-order valence-electron chi connectivity index (χ2n) is 5.94. The van der Waals surface area contributed by atoms with Crippen LogP contribution >= 0.6 is 0 Å². The number of rotatable bonds is 3. The van der Waals surface area contributed by atoms with E-state index in [1.54, 1.807) is 0 Å². The van der Waals surface area contributed by atoms with Crippen molar-refractivity contribution in [2.75, 3.05) is 19.0 Å². The fourth-order valence-corrected chi connectivity index (χ4v) is 2.94. The van der Waals surface area contributed by atoms with Crippen LogP contribution in [0.25, 0.3) is 21.8 Å². The van der Waals surface area contributed by atoms with Crippen LogP contribution in [0.15, 0.2) is 72.8 Å². The predicted octanol–water partition coefficient (Wildman–Crippen LogP) is 5.25. The first-order chi connectivity index (χ1) is 11.7. The Balaban J connectivity index is 2.05. The molecule has 0 spiro atoms. The summed E-state index contributed by atoms with van der Waals surface area (Å²) >= 11 is 0. The summed E-state index contributed by atoms with van der Waals surface area (Å²) in [4.78, 5) is 6.96. The van der Waals surface area contributed by atoms with Crippen LogP contribution in [0.4, 0.5) is 5.69 Å². The average Bonchev–Trinajstić information content (AvgIpc) is 2.62. The lowest BCUT2D eigenvalue weighted by Gasteiger charge is -2.18.